The molecule has 0 aromatic heterocycles. The lowest BCUT2D eigenvalue weighted by molar-refractivity contribution is -0.120. The lowest BCUT2D eigenvalue weighted by Gasteiger charge is -2.21. The van der Waals surface area contributed by atoms with Crippen LogP contribution in [0.5, 0.6) is 0 Å². The van der Waals surface area contributed by atoms with E-state index in [0.29, 0.717) is 5.69 Å². The highest BCUT2D eigenvalue weighted by Crippen LogP contribution is 2.20. The molecule has 0 heterocycles. The van der Waals surface area contributed by atoms with E-state index in [1.54, 1.807) is 32.9 Å². The first-order valence-electron chi connectivity index (χ1n) is 9.22. The van der Waals surface area contributed by atoms with Crippen LogP contribution in [0.1, 0.15) is 45.7 Å². The molecule has 0 fully saturated rings. The van der Waals surface area contributed by atoms with Gasteiger partial charge in [-0.1, -0.05) is 36.4 Å². The highest BCUT2D eigenvalue weighted by atomic mass is 32.2. The summed E-state index contributed by atoms with van der Waals surface area (Å²) in [7, 11) is -3.72. The van der Waals surface area contributed by atoms with E-state index >= 15 is 0 Å². The van der Waals surface area contributed by atoms with E-state index in [2.05, 4.69) is 15.4 Å². The van der Waals surface area contributed by atoms with Gasteiger partial charge in [0, 0.05) is 18.2 Å². The molecule has 0 aliphatic heterocycles. The summed E-state index contributed by atoms with van der Waals surface area (Å²) in [6.07, 6.45) is 0.0147. The molecule has 29 heavy (non-hydrogen) atoms. The van der Waals surface area contributed by atoms with Crippen molar-refractivity contribution in [2.24, 2.45) is 0 Å². The molecule has 2 rings (SSSR count). The number of sulfonamides is 1. The molecule has 0 saturated carbocycles. The van der Waals surface area contributed by atoms with Crippen molar-refractivity contribution < 1.29 is 18.0 Å². The van der Waals surface area contributed by atoms with Crippen LogP contribution in [0, 0.1) is 0 Å². The van der Waals surface area contributed by atoms with Crippen LogP contribution >= 0.6 is 0 Å². The van der Waals surface area contributed by atoms with Gasteiger partial charge in [0.15, 0.2) is 0 Å². The minimum atomic E-state index is -3.72. The Balaban J connectivity index is 2.15. The van der Waals surface area contributed by atoms with Crippen LogP contribution < -0.4 is 15.4 Å². The number of benzene rings is 2. The molecule has 2 aromatic carbocycles. The van der Waals surface area contributed by atoms with Gasteiger partial charge in [-0.05, 0) is 44.5 Å². The highest BCUT2D eigenvalue weighted by Gasteiger charge is 2.22. The molecule has 1 atom stereocenters. The number of amides is 2. The maximum absolute atomic E-state index is 12.5. The molecule has 0 spiro atoms. The summed E-state index contributed by atoms with van der Waals surface area (Å²) in [5, 5.41) is 5.48. The first-order valence-corrected chi connectivity index (χ1v) is 10.7. The molecule has 7 nitrogen and oxygen atoms in total. The van der Waals surface area contributed by atoms with E-state index in [4.69, 9.17) is 0 Å². The van der Waals surface area contributed by atoms with Gasteiger partial charge in [-0.15, -0.1) is 0 Å². The van der Waals surface area contributed by atoms with E-state index in [-0.39, 0.29) is 23.1 Å². The van der Waals surface area contributed by atoms with Gasteiger partial charge in [0.25, 0.3) is 0 Å². The molecular weight excluding hydrogens is 390 g/mol. The van der Waals surface area contributed by atoms with Gasteiger partial charge in [-0.2, -0.15) is 0 Å². The molecule has 156 valence electrons. The smallest absolute Gasteiger partial charge is 0.241 e. The number of rotatable bonds is 7. The van der Waals surface area contributed by atoms with E-state index in [0.717, 1.165) is 5.56 Å². The summed E-state index contributed by atoms with van der Waals surface area (Å²) in [5.41, 5.74) is 0.546. The summed E-state index contributed by atoms with van der Waals surface area (Å²) in [6, 6.07) is 14.7. The Morgan fingerprint density at radius 1 is 1.00 bits per heavy atom. The fraction of sp³-hybridized carbons (Fsp3) is 0.333. The average Bonchev–Trinajstić information content (AvgIpc) is 2.60. The van der Waals surface area contributed by atoms with Gasteiger partial charge in [0.1, 0.15) is 0 Å². The first-order chi connectivity index (χ1) is 13.5. The zero-order valence-electron chi connectivity index (χ0n) is 17.0. The third-order valence-corrected chi connectivity index (χ3v) is 5.59. The number of carbonyl (C=O) groups is 2. The third-order valence-electron chi connectivity index (χ3n) is 3.84. The summed E-state index contributed by atoms with van der Waals surface area (Å²) in [4.78, 5) is 24.1. The van der Waals surface area contributed by atoms with Crippen molar-refractivity contribution in [3.63, 3.8) is 0 Å². The monoisotopic (exact) mass is 417 g/mol. The lowest BCUT2D eigenvalue weighted by Crippen LogP contribution is -2.40. The minimum Gasteiger partial charge on any atom is -0.349 e. The summed E-state index contributed by atoms with van der Waals surface area (Å²) < 4.78 is 27.6. The second-order valence-corrected chi connectivity index (χ2v) is 9.48. The first kappa shape index (κ1) is 22.6. The number of carbonyl (C=O) groups excluding carboxylic acids is 2. The fourth-order valence-corrected chi connectivity index (χ4v) is 4.25. The maximum Gasteiger partial charge on any atom is 0.241 e. The van der Waals surface area contributed by atoms with Crippen LogP contribution in [0.4, 0.5) is 5.69 Å². The van der Waals surface area contributed by atoms with Gasteiger partial charge in [-0.25, -0.2) is 13.1 Å². The van der Waals surface area contributed by atoms with Crippen molar-refractivity contribution in [3.8, 4) is 0 Å². The molecule has 0 aliphatic rings. The standard InChI is InChI=1S/C21H27N3O4S/c1-15(25)22-19(16-9-6-5-7-10-16)14-20(26)23-17-11-8-12-18(13-17)29(27,28)24-21(2,3)4/h5-13,19,24H,14H2,1-4H3,(H,22,25)(H,23,26)/t19-/m0/s1. The average molecular weight is 418 g/mol. The van der Waals surface area contributed by atoms with Crippen LogP contribution in [0.3, 0.4) is 0 Å². The van der Waals surface area contributed by atoms with Gasteiger partial charge >= 0.3 is 0 Å². The van der Waals surface area contributed by atoms with Crippen molar-refractivity contribution in [3.05, 3.63) is 60.2 Å². The van der Waals surface area contributed by atoms with Crippen molar-refractivity contribution >= 4 is 27.5 Å². The Bertz CT molecular complexity index is 967. The largest absolute Gasteiger partial charge is 0.349 e. The Hall–Kier alpha value is -2.71. The molecule has 3 N–H and O–H groups in total. The Morgan fingerprint density at radius 2 is 1.66 bits per heavy atom. The SMILES string of the molecule is CC(=O)N[C@@H](CC(=O)Nc1cccc(S(=O)(=O)NC(C)(C)C)c1)c1ccccc1. The van der Waals surface area contributed by atoms with Crippen LogP contribution in [0.25, 0.3) is 0 Å². The normalized spacial score (nSPS) is 12.8. The van der Waals surface area contributed by atoms with Crippen LogP contribution in [0.15, 0.2) is 59.5 Å². The molecule has 0 radical (unpaired) electrons. The predicted molar refractivity (Wildman–Crippen MR) is 113 cm³/mol. The second-order valence-electron chi connectivity index (χ2n) is 7.80. The zero-order valence-corrected chi connectivity index (χ0v) is 17.8. The predicted octanol–water partition coefficient (Wildman–Crippen LogP) is 2.97. The summed E-state index contributed by atoms with van der Waals surface area (Å²) in [5.74, 6) is -0.584. The molecule has 0 unspecified atom stereocenters. The van der Waals surface area contributed by atoms with E-state index in [1.165, 1.54) is 19.1 Å². The number of anilines is 1. The second kappa shape index (κ2) is 9.19. The van der Waals surface area contributed by atoms with Crippen molar-refractivity contribution in [1.82, 2.24) is 10.0 Å². The molecule has 2 amide bonds. The van der Waals surface area contributed by atoms with Crippen LogP contribution in [0.2, 0.25) is 0 Å². The van der Waals surface area contributed by atoms with Gasteiger partial charge < -0.3 is 10.6 Å². The molecule has 0 saturated heterocycles. The van der Waals surface area contributed by atoms with E-state index in [9.17, 15) is 18.0 Å². The topological polar surface area (TPSA) is 104 Å². The number of hydrogen-bond acceptors (Lipinski definition) is 4. The third kappa shape index (κ3) is 7.32. The molecule has 0 aliphatic carbocycles. The van der Waals surface area contributed by atoms with Gasteiger partial charge in [-0.3, -0.25) is 9.59 Å². The molecule has 8 heteroatoms. The van der Waals surface area contributed by atoms with E-state index < -0.39 is 21.6 Å². The quantitative estimate of drug-likeness (QED) is 0.644. The summed E-state index contributed by atoms with van der Waals surface area (Å²) >= 11 is 0. The number of hydrogen-bond donors (Lipinski definition) is 3. The fourth-order valence-electron chi connectivity index (χ4n) is 2.78. The minimum absolute atomic E-state index is 0.0147. The lowest BCUT2D eigenvalue weighted by atomic mass is 10.0. The van der Waals surface area contributed by atoms with Crippen molar-refractivity contribution in [2.75, 3.05) is 5.32 Å². The highest BCUT2D eigenvalue weighted by molar-refractivity contribution is 7.89. The Labute approximate surface area is 172 Å². The Kier molecular flexibility index (Phi) is 7.16. The summed E-state index contributed by atoms with van der Waals surface area (Å²) in [6.45, 7) is 6.65. The van der Waals surface area contributed by atoms with E-state index in [1.807, 2.05) is 30.3 Å². The molecule has 0 bridgehead atoms. The van der Waals surface area contributed by atoms with Crippen molar-refractivity contribution in [1.29, 1.82) is 0 Å². The van der Waals surface area contributed by atoms with Gasteiger partial charge in [0.2, 0.25) is 21.8 Å². The van der Waals surface area contributed by atoms with Gasteiger partial charge in [0.05, 0.1) is 17.4 Å². The number of nitrogens with one attached hydrogen (secondary N) is 3. The molecule has 2 aromatic rings. The maximum atomic E-state index is 12.5. The van der Waals surface area contributed by atoms with Crippen molar-refractivity contribution in [2.45, 2.75) is 50.6 Å². The Morgan fingerprint density at radius 3 is 2.24 bits per heavy atom. The zero-order chi connectivity index (χ0) is 21.7. The van der Waals surface area contributed by atoms with Crippen LogP contribution in [-0.4, -0.2) is 25.8 Å². The van der Waals surface area contributed by atoms with Crippen LogP contribution in [-0.2, 0) is 19.6 Å². The molecular formula is C21H27N3O4S.